The van der Waals surface area contributed by atoms with E-state index in [9.17, 15) is 9.18 Å². The number of hydrogen-bond acceptors (Lipinski definition) is 2. The summed E-state index contributed by atoms with van der Waals surface area (Å²) < 4.78 is 18.8. The Bertz CT molecular complexity index is 697. The van der Waals surface area contributed by atoms with Gasteiger partial charge >= 0.3 is 0 Å². The number of rotatable bonds is 4. The van der Waals surface area contributed by atoms with Crippen LogP contribution in [0.3, 0.4) is 0 Å². The van der Waals surface area contributed by atoms with Crippen molar-refractivity contribution in [3.63, 3.8) is 0 Å². The molecule has 1 aromatic carbocycles. The Kier molecular flexibility index (Phi) is 3.68. The van der Waals surface area contributed by atoms with Crippen LogP contribution in [-0.2, 0) is 11.2 Å². The van der Waals surface area contributed by atoms with Crippen LogP contribution >= 0.6 is 0 Å². The minimum atomic E-state index is -0.210. The van der Waals surface area contributed by atoms with Crippen LogP contribution in [0.4, 0.5) is 4.39 Å². The lowest BCUT2D eigenvalue weighted by atomic mass is 10.0. The molecule has 1 saturated carbocycles. The van der Waals surface area contributed by atoms with Crippen LogP contribution in [0.15, 0.2) is 47.1 Å². The van der Waals surface area contributed by atoms with Crippen molar-refractivity contribution in [1.82, 2.24) is 4.90 Å². The summed E-state index contributed by atoms with van der Waals surface area (Å²) in [7, 11) is 0. The van der Waals surface area contributed by atoms with Gasteiger partial charge in [0.1, 0.15) is 11.6 Å². The number of furan rings is 1. The van der Waals surface area contributed by atoms with E-state index < -0.39 is 0 Å². The lowest BCUT2D eigenvalue weighted by Crippen LogP contribution is -2.38. The van der Waals surface area contributed by atoms with Gasteiger partial charge in [0.15, 0.2) is 0 Å². The summed E-state index contributed by atoms with van der Waals surface area (Å²) in [4.78, 5) is 14.8. The highest BCUT2D eigenvalue weighted by Gasteiger charge is 2.49. The molecule has 1 aliphatic carbocycles. The summed E-state index contributed by atoms with van der Waals surface area (Å²) in [6.45, 7) is 0.820. The Morgan fingerprint density at radius 1 is 1.30 bits per heavy atom. The van der Waals surface area contributed by atoms with Crippen LogP contribution in [0, 0.1) is 11.7 Å². The van der Waals surface area contributed by atoms with E-state index in [0.717, 1.165) is 43.6 Å². The molecular weight excluding hydrogens is 293 g/mol. The number of likely N-dealkylation sites (tertiary alicyclic amines) is 1. The van der Waals surface area contributed by atoms with Gasteiger partial charge < -0.3 is 9.32 Å². The molecule has 3 atom stereocenters. The number of benzene rings is 1. The number of amides is 1. The maximum Gasteiger partial charge on any atom is 0.226 e. The van der Waals surface area contributed by atoms with Crippen molar-refractivity contribution in [2.24, 2.45) is 5.92 Å². The standard InChI is InChI=1S/C19H20FNO2/c20-14-5-1-4-13(10-14)11-15-6-2-8-21(15)19(22)17-12-16(17)18-7-3-9-23-18/h1,3-5,7,9-10,15-17H,2,6,8,11-12H2/t15-,16-,17+/m0/s1. The molecule has 2 fully saturated rings. The number of halogens is 1. The second-order valence-corrected chi connectivity index (χ2v) is 6.63. The summed E-state index contributed by atoms with van der Waals surface area (Å²) >= 11 is 0. The average molecular weight is 313 g/mol. The molecule has 2 aliphatic rings. The van der Waals surface area contributed by atoms with Crippen LogP contribution < -0.4 is 0 Å². The van der Waals surface area contributed by atoms with Crippen LogP contribution in [-0.4, -0.2) is 23.4 Å². The third kappa shape index (κ3) is 2.90. The maximum atomic E-state index is 13.4. The molecule has 0 radical (unpaired) electrons. The lowest BCUT2D eigenvalue weighted by molar-refractivity contribution is -0.133. The van der Waals surface area contributed by atoms with Crippen LogP contribution in [0.5, 0.6) is 0 Å². The summed E-state index contributed by atoms with van der Waals surface area (Å²) in [5.41, 5.74) is 0.966. The van der Waals surface area contributed by atoms with Gasteiger partial charge in [0.05, 0.1) is 6.26 Å². The molecule has 1 amide bonds. The van der Waals surface area contributed by atoms with Gasteiger partial charge in [-0.1, -0.05) is 12.1 Å². The van der Waals surface area contributed by atoms with Crippen LogP contribution in [0.25, 0.3) is 0 Å². The van der Waals surface area contributed by atoms with E-state index in [-0.39, 0.29) is 29.6 Å². The van der Waals surface area contributed by atoms with Gasteiger partial charge in [0.25, 0.3) is 0 Å². The lowest BCUT2D eigenvalue weighted by Gasteiger charge is -2.25. The molecule has 0 spiro atoms. The predicted molar refractivity (Wildman–Crippen MR) is 84.4 cm³/mol. The minimum absolute atomic E-state index is 0.0641. The van der Waals surface area contributed by atoms with E-state index in [4.69, 9.17) is 4.42 Å². The third-order valence-corrected chi connectivity index (χ3v) is 5.04. The fourth-order valence-corrected chi connectivity index (χ4v) is 3.77. The first-order valence-corrected chi connectivity index (χ1v) is 8.30. The molecule has 3 nitrogen and oxygen atoms in total. The smallest absolute Gasteiger partial charge is 0.226 e. The molecule has 0 N–H and O–H groups in total. The summed E-state index contributed by atoms with van der Waals surface area (Å²) in [6, 6.07) is 10.7. The van der Waals surface area contributed by atoms with Gasteiger partial charge in [-0.05, 0) is 55.5 Å². The second kappa shape index (κ2) is 5.84. The van der Waals surface area contributed by atoms with Gasteiger partial charge in [0, 0.05) is 24.4 Å². The average Bonchev–Trinajstić information content (AvgIpc) is 2.96. The van der Waals surface area contributed by atoms with E-state index >= 15 is 0 Å². The molecule has 23 heavy (non-hydrogen) atoms. The predicted octanol–water partition coefficient (Wildman–Crippen LogP) is 3.76. The molecule has 4 rings (SSSR count). The van der Waals surface area contributed by atoms with E-state index in [1.165, 1.54) is 6.07 Å². The zero-order valence-corrected chi connectivity index (χ0v) is 13.0. The molecule has 1 aromatic heterocycles. The van der Waals surface area contributed by atoms with Gasteiger partial charge in [-0.2, -0.15) is 0 Å². The molecule has 4 heteroatoms. The van der Waals surface area contributed by atoms with Crippen molar-refractivity contribution in [1.29, 1.82) is 0 Å². The maximum absolute atomic E-state index is 13.4. The van der Waals surface area contributed by atoms with Crippen molar-refractivity contribution in [3.8, 4) is 0 Å². The number of hydrogen-bond donors (Lipinski definition) is 0. The number of carbonyl (C=O) groups excluding carboxylic acids is 1. The van der Waals surface area contributed by atoms with E-state index in [1.54, 1.807) is 18.4 Å². The molecule has 2 aromatic rings. The Morgan fingerprint density at radius 2 is 2.22 bits per heavy atom. The summed E-state index contributed by atoms with van der Waals surface area (Å²) in [6.07, 6.45) is 5.32. The molecule has 120 valence electrons. The Labute approximate surface area is 135 Å². The van der Waals surface area contributed by atoms with Gasteiger partial charge in [-0.3, -0.25) is 4.79 Å². The minimum Gasteiger partial charge on any atom is -0.469 e. The van der Waals surface area contributed by atoms with Crippen molar-refractivity contribution >= 4 is 5.91 Å². The van der Waals surface area contributed by atoms with E-state index in [1.807, 2.05) is 23.1 Å². The van der Waals surface area contributed by atoms with Gasteiger partial charge in [-0.25, -0.2) is 4.39 Å². The zero-order chi connectivity index (χ0) is 15.8. The third-order valence-electron chi connectivity index (χ3n) is 5.04. The SMILES string of the molecule is O=C([C@@H]1C[C@@H]1c1ccco1)N1CCC[C@H]1Cc1cccc(F)c1. The first kappa shape index (κ1) is 14.5. The largest absolute Gasteiger partial charge is 0.469 e. The highest BCUT2D eigenvalue weighted by molar-refractivity contribution is 5.83. The molecule has 1 saturated heterocycles. The Balaban J connectivity index is 1.43. The highest BCUT2D eigenvalue weighted by Crippen LogP contribution is 2.49. The summed E-state index contributed by atoms with van der Waals surface area (Å²) in [5, 5.41) is 0. The monoisotopic (exact) mass is 313 g/mol. The Hall–Kier alpha value is -2.10. The topological polar surface area (TPSA) is 33.5 Å². The van der Waals surface area contributed by atoms with E-state index in [0.29, 0.717) is 0 Å². The number of nitrogens with zero attached hydrogens (tertiary/aromatic N) is 1. The molecule has 0 bridgehead atoms. The fourth-order valence-electron chi connectivity index (χ4n) is 3.77. The highest BCUT2D eigenvalue weighted by atomic mass is 19.1. The molecular formula is C19H20FNO2. The second-order valence-electron chi connectivity index (χ2n) is 6.63. The molecule has 2 heterocycles. The van der Waals surface area contributed by atoms with Crippen molar-refractivity contribution in [3.05, 3.63) is 59.8 Å². The fraction of sp³-hybridized carbons (Fsp3) is 0.421. The van der Waals surface area contributed by atoms with Gasteiger partial charge in [-0.15, -0.1) is 0 Å². The van der Waals surface area contributed by atoms with Gasteiger partial charge in [0.2, 0.25) is 5.91 Å². The quantitative estimate of drug-likeness (QED) is 0.861. The van der Waals surface area contributed by atoms with Crippen LogP contribution in [0.1, 0.15) is 36.5 Å². The molecule has 1 aliphatic heterocycles. The first-order chi connectivity index (χ1) is 11.2. The molecule has 0 unspecified atom stereocenters. The van der Waals surface area contributed by atoms with E-state index in [2.05, 4.69) is 0 Å². The normalized spacial score (nSPS) is 26.5. The zero-order valence-electron chi connectivity index (χ0n) is 13.0. The van der Waals surface area contributed by atoms with Crippen molar-refractivity contribution < 1.29 is 13.6 Å². The van der Waals surface area contributed by atoms with Crippen molar-refractivity contribution in [2.45, 2.75) is 37.6 Å². The van der Waals surface area contributed by atoms with Crippen LogP contribution in [0.2, 0.25) is 0 Å². The first-order valence-electron chi connectivity index (χ1n) is 8.30. The Morgan fingerprint density at radius 3 is 3.00 bits per heavy atom. The number of carbonyl (C=O) groups is 1. The summed E-state index contributed by atoms with van der Waals surface area (Å²) in [5.74, 6) is 1.26. The van der Waals surface area contributed by atoms with Crippen molar-refractivity contribution in [2.75, 3.05) is 6.54 Å².